The van der Waals surface area contributed by atoms with Crippen LogP contribution in [0.25, 0.3) is 0 Å². The molecular formula is C13H26O6. The number of ether oxygens (including phenoxy) is 2. The highest BCUT2D eigenvalue weighted by molar-refractivity contribution is 4.88. The van der Waals surface area contributed by atoms with Gasteiger partial charge in [0.15, 0.2) is 6.29 Å². The van der Waals surface area contributed by atoms with Crippen LogP contribution in [0.15, 0.2) is 0 Å². The molecule has 0 radical (unpaired) electrons. The van der Waals surface area contributed by atoms with Crippen molar-refractivity contribution in [3.05, 3.63) is 0 Å². The summed E-state index contributed by atoms with van der Waals surface area (Å²) < 4.78 is 10.6. The number of aliphatic hydroxyl groups is 4. The van der Waals surface area contributed by atoms with E-state index in [1.54, 1.807) is 0 Å². The van der Waals surface area contributed by atoms with Gasteiger partial charge in [-0.2, -0.15) is 0 Å². The van der Waals surface area contributed by atoms with Crippen molar-refractivity contribution in [2.45, 2.75) is 69.7 Å². The maximum atomic E-state index is 9.72. The fourth-order valence-electron chi connectivity index (χ4n) is 2.11. The second-order valence-electron chi connectivity index (χ2n) is 4.98. The predicted octanol–water partition coefficient (Wildman–Crippen LogP) is -0.227. The summed E-state index contributed by atoms with van der Waals surface area (Å²) in [6.45, 7) is 2.14. The normalized spacial score (nSPS) is 35.5. The minimum absolute atomic E-state index is 0.423. The monoisotopic (exact) mass is 278 g/mol. The lowest BCUT2D eigenvalue weighted by Crippen LogP contribution is -2.59. The molecule has 1 saturated heterocycles. The van der Waals surface area contributed by atoms with E-state index in [9.17, 15) is 15.3 Å². The lowest BCUT2D eigenvalue weighted by molar-refractivity contribution is -0.301. The molecule has 0 aromatic carbocycles. The van der Waals surface area contributed by atoms with Crippen LogP contribution in [0.2, 0.25) is 0 Å². The maximum absolute atomic E-state index is 9.72. The molecule has 0 spiro atoms. The molecule has 1 fully saturated rings. The molecule has 1 aliphatic heterocycles. The summed E-state index contributed by atoms with van der Waals surface area (Å²) in [5.74, 6) is 0. The molecule has 0 aromatic rings. The molecule has 0 amide bonds. The molecule has 1 aliphatic rings. The highest BCUT2D eigenvalue weighted by Crippen LogP contribution is 2.22. The third-order valence-electron chi connectivity index (χ3n) is 3.38. The Kier molecular flexibility index (Phi) is 7.82. The first kappa shape index (κ1) is 16.8. The van der Waals surface area contributed by atoms with Crippen LogP contribution in [0.1, 0.15) is 39.0 Å². The molecule has 0 bridgehead atoms. The van der Waals surface area contributed by atoms with E-state index in [-0.39, 0.29) is 0 Å². The van der Waals surface area contributed by atoms with Gasteiger partial charge in [-0.05, 0) is 6.42 Å². The summed E-state index contributed by atoms with van der Waals surface area (Å²) >= 11 is 0. The molecule has 0 saturated carbocycles. The van der Waals surface area contributed by atoms with Gasteiger partial charge in [0.25, 0.3) is 0 Å². The molecule has 4 N–H and O–H groups in total. The van der Waals surface area contributed by atoms with E-state index in [2.05, 4.69) is 6.92 Å². The van der Waals surface area contributed by atoms with Gasteiger partial charge in [0.1, 0.15) is 24.4 Å². The number of hydrogen-bond donors (Lipinski definition) is 4. The molecule has 6 nitrogen and oxygen atoms in total. The standard InChI is InChI=1S/C13H26O6/c1-2-3-4-5-6-7-18-13-12(17)11(16)10(15)9(8-14)19-13/h9-17H,2-8H2,1H3/t9-,10+,11-,12-,13+/m1/s1. The second-order valence-corrected chi connectivity index (χ2v) is 4.98. The molecule has 6 heteroatoms. The average molecular weight is 278 g/mol. The Hall–Kier alpha value is -0.240. The zero-order chi connectivity index (χ0) is 14.3. The Morgan fingerprint density at radius 1 is 0.947 bits per heavy atom. The van der Waals surface area contributed by atoms with Crippen molar-refractivity contribution >= 4 is 0 Å². The van der Waals surface area contributed by atoms with Crippen LogP contribution >= 0.6 is 0 Å². The van der Waals surface area contributed by atoms with Gasteiger partial charge < -0.3 is 29.9 Å². The third kappa shape index (κ3) is 4.98. The zero-order valence-electron chi connectivity index (χ0n) is 11.4. The van der Waals surface area contributed by atoms with Crippen molar-refractivity contribution in [1.82, 2.24) is 0 Å². The second kappa shape index (κ2) is 8.84. The molecule has 5 atom stereocenters. The summed E-state index contributed by atoms with van der Waals surface area (Å²) in [6.07, 6.45) is -0.471. The smallest absolute Gasteiger partial charge is 0.186 e. The van der Waals surface area contributed by atoms with Crippen molar-refractivity contribution in [2.24, 2.45) is 0 Å². The first-order chi connectivity index (χ1) is 9.11. The van der Waals surface area contributed by atoms with E-state index in [0.29, 0.717) is 6.61 Å². The van der Waals surface area contributed by atoms with E-state index in [1.165, 1.54) is 12.8 Å². The molecule has 0 unspecified atom stereocenters. The number of rotatable bonds is 8. The topological polar surface area (TPSA) is 99.4 Å². The first-order valence-corrected chi connectivity index (χ1v) is 7.04. The third-order valence-corrected chi connectivity index (χ3v) is 3.38. The fraction of sp³-hybridized carbons (Fsp3) is 1.00. The van der Waals surface area contributed by atoms with Crippen molar-refractivity contribution in [3.8, 4) is 0 Å². The summed E-state index contributed by atoms with van der Waals surface area (Å²) in [7, 11) is 0. The summed E-state index contributed by atoms with van der Waals surface area (Å²) in [5.41, 5.74) is 0. The predicted molar refractivity (Wildman–Crippen MR) is 68.5 cm³/mol. The van der Waals surface area contributed by atoms with Crippen LogP contribution in [0.3, 0.4) is 0 Å². The van der Waals surface area contributed by atoms with Crippen molar-refractivity contribution in [2.75, 3.05) is 13.2 Å². The molecule has 0 aliphatic carbocycles. The van der Waals surface area contributed by atoms with Gasteiger partial charge in [-0.25, -0.2) is 0 Å². The number of hydrogen-bond acceptors (Lipinski definition) is 6. The minimum Gasteiger partial charge on any atom is -0.394 e. The summed E-state index contributed by atoms with van der Waals surface area (Å²) in [6, 6.07) is 0. The van der Waals surface area contributed by atoms with E-state index in [0.717, 1.165) is 19.3 Å². The molecule has 1 heterocycles. The Bertz CT molecular complexity index is 235. The van der Waals surface area contributed by atoms with E-state index >= 15 is 0 Å². The van der Waals surface area contributed by atoms with Gasteiger partial charge >= 0.3 is 0 Å². The molecular weight excluding hydrogens is 252 g/mol. The van der Waals surface area contributed by atoms with Crippen LogP contribution in [-0.4, -0.2) is 64.3 Å². The summed E-state index contributed by atoms with van der Waals surface area (Å²) in [4.78, 5) is 0. The van der Waals surface area contributed by atoms with E-state index in [4.69, 9.17) is 14.6 Å². The molecule has 0 aromatic heterocycles. The highest BCUT2D eigenvalue weighted by Gasteiger charge is 2.43. The Balaban J connectivity index is 2.28. The highest BCUT2D eigenvalue weighted by atomic mass is 16.7. The lowest BCUT2D eigenvalue weighted by Gasteiger charge is -2.39. The first-order valence-electron chi connectivity index (χ1n) is 7.04. The van der Waals surface area contributed by atoms with E-state index < -0.39 is 37.3 Å². The van der Waals surface area contributed by atoms with Crippen LogP contribution in [0, 0.1) is 0 Å². The van der Waals surface area contributed by atoms with Crippen LogP contribution in [0.5, 0.6) is 0 Å². The van der Waals surface area contributed by atoms with Gasteiger partial charge in [-0.1, -0.05) is 32.6 Å². The lowest BCUT2D eigenvalue weighted by atomic mass is 9.99. The largest absolute Gasteiger partial charge is 0.394 e. The number of aliphatic hydroxyl groups excluding tert-OH is 4. The Morgan fingerprint density at radius 2 is 1.63 bits per heavy atom. The quantitative estimate of drug-likeness (QED) is 0.458. The SMILES string of the molecule is CCCCCCCO[C@H]1O[C@H](CO)[C@H](O)[C@@H](O)[C@H]1O. The van der Waals surface area contributed by atoms with Gasteiger partial charge in [0.05, 0.1) is 6.61 Å². The Labute approximate surface area is 114 Å². The van der Waals surface area contributed by atoms with Gasteiger partial charge in [-0.15, -0.1) is 0 Å². The van der Waals surface area contributed by atoms with Crippen LogP contribution in [-0.2, 0) is 9.47 Å². The molecule has 1 rings (SSSR count). The minimum atomic E-state index is -1.36. The van der Waals surface area contributed by atoms with Crippen LogP contribution < -0.4 is 0 Å². The Morgan fingerprint density at radius 3 is 2.26 bits per heavy atom. The number of unbranched alkanes of at least 4 members (excludes halogenated alkanes) is 4. The zero-order valence-corrected chi connectivity index (χ0v) is 11.4. The van der Waals surface area contributed by atoms with Crippen molar-refractivity contribution in [3.63, 3.8) is 0 Å². The molecule has 19 heavy (non-hydrogen) atoms. The van der Waals surface area contributed by atoms with Gasteiger partial charge in [0, 0.05) is 6.61 Å². The fourth-order valence-corrected chi connectivity index (χ4v) is 2.11. The average Bonchev–Trinajstić information content (AvgIpc) is 2.42. The van der Waals surface area contributed by atoms with Gasteiger partial charge in [-0.3, -0.25) is 0 Å². The maximum Gasteiger partial charge on any atom is 0.186 e. The van der Waals surface area contributed by atoms with Gasteiger partial charge in [0.2, 0.25) is 0 Å². The van der Waals surface area contributed by atoms with Crippen molar-refractivity contribution < 1.29 is 29.9 Å². The summed E-state index contributed by atoms with van der Waals surface area (Å²) in [5, 5.41) is 37.9. The van der Waals surface area contributed by atoms with Crippen molar-refractivity contribution in [1.29, 1.82) is 0 Å². The van der Waals surface area contributed by atoms with Crippen LogP contribution in [0.4, 0.5) is 0 Å². The van der Waals surface area contributed by atoms with E-state index in [1.807, 2.05) is 0 Å². The molecule has 114 valence electrons.